The number of likely N-dealkylation sites (tertiary alicyclic amines) is 1. The lowest BCUT2D eigenvalue weighted by Gasteiger charge is -2.40. The van der Waals surface area contributed by atoms with Gasteiger partial charge in [-0.25, -0.2) is 0 Å². The standard InChI is InChI=1S/C17H34N2O/c1-3-15-4-6-17(7-5-15)19-11-8-16(9-12-19)14-18-10-13-20-2/h15-18H,3-14H2,1-2H3. The third-order valence-electron chi connectivity index (χ3n) is 5.48. The average Bonchev–Trinajstić information content (AvgIpc) is 2.52. The number of methoxy groups -OCH3 is 1. The molecular formula is C17H34N2O. The van der Waals surface area contributed by atoms with Crippen molar-refractivity contribution in [2.45, 2.75) is 57.9 Å². The lowest BCUT2D eigenvalue weighted by molar-refractivity contribution is 0.0929. The minimum absolute atomic E-state index is 0.833. The van der Waals surface area contributed by atoms with Crippen molar-refractivity contribution in [3.63, 3.8) is 0 Å². The highest BCUT2D eigenvalue weighted by Crippen LogP contribution is 2.31. The van der Waals surface area contributed by atoms with E-state index in [1.165, 1.54) is 64.6 Å². The van der Waals surface area contributed by atoms with Crippen molar-refractivity contribution >= 4 is 0 Å². The van der Waals surface area contributed by atoms with Crippen LogP contribution in [0.25, 0.3) is 0 Å². The summed E-state index contributed by atoms with van der Waals surface area (Å²) >= 11 is 0. The zero-order valence-electron chi connectivity index (χ0n) is 13.6. The highest BCUT2D eigenvalue weighted by molar-refractivity contribution is 4.83. The fraction of sp³-hybridized carbons (Fsp3) is 1.00. The van der Waals surface area contributed by atoms with Gasteiger partial charge in [0.25, 0.3) is 0 Å². The first-order valence-electron chi connectivity index (χ1n) is 8.77. The molecule has 0 radical (unpaired) electrons. The number of nitrogens with zero attached hydrogens (tertiary/aromatic N) is 1. The molecular weight excluding hydrogens is 248 g/mol. The molecule has 0 unspecified atom stereocenters. The van der Waals surface area contributed by atoms with E-state index in [1.54, 1.807) is 7.11 Å². The fourth-order valence-corrected chi connectivity index (χ4v) is 3.92. The highest BCUT2D eigenvalue weighted by atomic mass is 16.5. The number of hydrogen-bond acceptors (Lipinski definition) is 3. The molecule has 3 heteroatoms. The molecule has 1 saturated carbocycles. The molecule has 1 aliphatic heterocycles. The summed E-state index contributed by atoms with van der Waals surface area (Å²) in [5, 5.41) is 3.52. The van der Waals surface area contributed by atoms with E-state index < -0.39 is 0 Å². The second kappa shape index (κ2) is 9.01. The first-order chi connectivity index (χ1) is 9.83. The van der Waals surface area contributed by atoms with E-state index in [1.807, 2.05) is 0 Å². The van der Waals surface area contributed by atoms with Crippen LogP contribution in [0.5, 0.6) is 0 Å². The van der Waals surface area contributed by atoms with E-state index in [2.05, 4.69) is 17.1 Å². The van der Waals surface area contributed by atoms with Crippen LogP contribution in [0.1, 0.15) is 51.9 Å². The van der Waals surface area contributed by atoms with E-state index in [0.717, 1.165) is 31.0 Å². The molecule has 1 saturated heterocycles. The van der Waals surface area contributed by atoms with Gasteiger partial charge in [-0.1, -0.05) is 13.3 Å². The molecule has 0 aromatic carbocycles. The Morgan fingerprint density at radius 1 is 1.00 bits per heavy atom. The number of piperidine rings is 1. The van der Waals surface area contributed by atoms with Crippen LogP contribution in [-0.4, -0.2) is 50.8 Å². The van der Waals surface area contributed by atoms with Gasteiger partial charge < -0.3 is 15.0 Å². The molecule has 2 aliphatic rings. The molecule has 2 fully saturated rings. The van der Waals surface area contributed by atoms with Crippen molar-refractivity contribution in [2.24, 2.45) is 11.8 Å². The van der Waals surface area contributed by atoms with Crippen LogP contribution in [0.15, 0.2) is 0 Å². The molecule has 0 aromatic rings. The summed E-state index contributed by atoms with van der Waals surface area (Å²) in [4.78, 5) is 2.79. The van der Waals surface area contributed by atoms with Crippen LogP contribution < -0.4 is 5.32 Å². The zero-order valence-corrected chi connectivity index (χ0v) is 13.6. The molecule has 1 N–H and O–H groups in total. The maximum atomic E-state index is 5.07. The van der Waals surface area contributed by atoms with E-state index in [9.17, 15) is 0 Å². The SMILES string of the molecule is CCC1CCC(N2CCC(CNCCOC)CC2)CC1. The Hall–Kier alpha value is -0.120. The van der Waals surface area contributed by atoms with Gasteiger partial charge in [0.2, 0.25) is 0 Å². The normalized spacial score (nSPS) is 29.7. The third-order valence-corrected chi connectivity index (χ3v) is 5.48. The molecule has 3 nitrogen and oxygen atoms in total. The Bertz CT molecular complexity index is 243. The molecule has 1 heterocycles. The molecule has 0 spiro atoms. The summed E-state index contributed by atoms with van der Waals surface area (Å²) in [7, 11) is 1.77. The summed E-state index contributed by atoms with van der Waals surface area (Å²) in [5.74, 6) is 1.91. The summed E-state index contributed by atoms with van der Waals surface area (Å²) in [6.07, 6.45) is 10.0. The van der Waals surface area contributed by atoms with Crippen LogP contribution in [0.4, 0.5) is 0 Å². The van der Waals surface area contributed by atoms with Crippen LogP contribution in [0.2, 0.25) is 0 Å². The van der Waals surface area contributed by atoms with Crippen LogP contribution >= 0.6 is 0 Å². The topological polar surface area (TPSA) is 24.5 Å². The molecule has 2 rings (SSSR count). The predicted molar refractivity (Wildman–Crippen MR) is 85.1 cm³/mol. The van der Waals surface area contributed by atoms with Crippen molar-refractivity contribution in [1.29, 1.82) is 0 Å². The van der Waals surface area contributed by atoms with Gasteiger partial charge in [0.1, 0.15) is 0 Å². The molecule has 0 aromatic heterocycles. The van der Waals surface area contributed by atoms with Gasteiger partial charge in [0.15, 0.2) is 0 Å². The Morgan fingerprint density at radius 3 is 2.30 bits per heavy atom. The lowest BCUT2D eigenvalue weighted by atomic mass is 9.83. The minimum atomic E-state index is 0.833. The summed E-state index contributed by atoms with van der Waals surface area (Å²) in [6.45, 7) is 8.03. The van der Waals surface area contributed by atoms with Crippen LogP contribution in [-0.2, 0) is 4.74 Å². The van der Waals surface area contributed by atoms with Gasteiger partial charge in [0, 0.05) is 19.7 Å². The van der Waals surface area contributed by atoms with Gasteiger partial charge in [-0.05, 0) is 70.0 Å². The van der Waals surface area contributed by atoms with Gasteiger partial charge in [-0.15, -0.1) is 0 Å². The Kier molecular flexibility index (Phi) is 7.32. The summed E-state index contributed by atoms with van der Waals surface area (Å²) in [6, 6.07) is 0.903. The van der Waals surface area contributed by atoms with E-state index in [4.69, 9.17) is 4.74 Å². The van der Waals surface area contributed by atoms with Crippen LogP contribution in [0, 0.1) is 11.8 Å². The van der Waals surface area contributed by atoms with Crippen molar-refractivity contribution < 1.29 is 4.74 Å². The van der Waals surface area contributed by atoms with Gasteiger partial charge in [-0.2, -0.15) is 0 Å². The Labute approximate surface area is 125 Å². The Balaban J connectivity index is 1.59. The zero-order chi connectivity index (χ0) is 14.2. The van der Waals surface area contributed by atoms with Gasteiger partial charge >= 0.3 is 0 Å². The first-order valence-corrected chi connectivity index (χ1v) is 8.77. The quantitative estimate of drug-likeness (QED) is 0.727. The number of rotatable bonds is 7. The molecule has 1 aliphatic carbocycles. The highest BCUT2D eigenvalue weighted by Gasteiger charge is 2.28. The van der Waals surface area contributed by atoms with Crippen LogP contribution in [0.3, 0.4) is 0 Å². The second-order valence-electron chi connectivity index (χ2n) is 6.76. The summed E-state index contributed by atoms with van der Waals surface area (Å²) < 4.78 is 5.07. The molecule has 20 heavy (non-hydrogen) atoms. The van der Waals surface area contributed by atoms with Crippen molar-refractivity contribution in [1.82, 2.24) is 10.2 Å². The maximum absolute atomic E-state index is 5.07. The van der Waals surface area contributed by atoms with Gasteiger partial charge in [0.05, 0.1) is 6.61 Å². The van der Waals surface area contributed by atoms with Crippen molar-refractivity contribution in [2.75, 3.05) is 39.9 Å². The van der Waals surface area contributed by atoms with E-state index in [-0.39, 0.29) is 0 Å². The van der Waals surface area contributed by atoms with Crippen molar-refractivity contribution in [3.8, 4) is 0 Å². The van der Waals surface area contributed by atoms with E-state index in [0.29, 0.717) is 0 Å². The molecule has 118 valence electrons. The first kappa shape index (κ1) is 16.3. The second-order valence-corrected chi connectivity index (χ2v) is 6.76. The largest absolute Gasteiger partial charge is 0.383 e. The smallest absolute Gasteiger partial charge is 0.0587 e. The minimum Gasteiger partial charge on any atom is -0.383 e. The molecule has 0 bridgehead atoms. The maximum Gasteiger partial charge on any atom is 0.0587 e. The molecule has 0 atom stereocenters. The monoisotopic (exact) mass is 282 g/mol. The molecule has 0 amide bonds. The average molecular weight is 282 g/mol. The fourth-order valence-electron chi connectivity index (χ4n) is 3.92. The van der Waals surface area contributed by atoms with E-state index >= 15 is 0 Å². The summed E-state index contributed by atoms with van der Waals surface area (Å²) in [5.41, 5.74) is 0. The van der Waals surface area contributed by atoms with Crippen molar-refractivity contribution in [3.05, 3.63) is 0 Å². The number of ether oxygens (including phenoxy) is 1. The van der Waals surface area contributed by atoms with Gasteiger partial charge in [-0.3, -0.25) is 0 Å². The third kappa shape index (κ3) is 5.01. The number of nitrogens with one attached hydrogen (secondary N) is 1. The lowest BCUT2D eigenvalue weighted by Crippen LogP contribution is -2.44. The predicted octanol–water partition coefficient (Wildman–Crippen LogP) is 2.90. The number of hydrogen-bond donors (Lipinski definition) is 1. The Morgan fingerprint density at radius 2 is 1.70 bits per heavy atom.